The second-order valence-corrected chi connectivity index (χ2v) is 9.11. The van der Waals surface area contributed by atoms with E-state index in [1.54, 1.807) is 32.4 Å². The first kappa shape index (κ1) is 21.9. The third-order valence-electron chi connectivity index (χ3n) is 7.32. The number of amides is 1. The highest BCUT2D eigenvalue weighted by Gasteiger charge is 2.29. The van der Waals surface area contributed by atoms with Gasteiger partial charge < -0.3 is 19.3 Å². The van der Waals surface area contributed by atoms with E-state index in [1.807, 2.05) is 11.1 Å². The van der Waals surface area contributed by atoms with E-state index < -0.39 is 0 Å². The number of hydrogen-bond donors (Lipinski definition) is 0. The zero-order chi connectivity index (χ0) is 22.8. The maximum Gasteiger partial charge on any atom is 0.254 e. The summed E-state index contributed by atoms with van der Waals surface area (Å²) in [4.78, 5) is 29.7. The SMILES string of the molecule is COc1ccc(C(=O)N2CCc3cnc(N4CCN(C5CCC5)CC4)nc3CC2)cc1OC. The number of anilines is 1. The maximum absolute atomic E-state index is 13.2. The van der Waals surface area contributed by atoms with Crippen LogP contribution in [0.1, 0.15) is 40.9 Å². The molecule has 2 fully saturated rings. The van der Waals surface area contributed by atoms with Gasteiger partial charge in [-0.3, -0.25) is 9.69 Å². The molecule has 3 aliphatic rings. The molecular formula is C25H33N5O3. The Labute approximate surface area is 195 Å². The summed E-state index contributed by atoms with van der Waals surface area (Å²) < 4.78 is 10.7. The van der Waals surface area contributed by atoms with E-state index in [4.69, 9.17) is 19.4 Å². The molecule has 2 aromatic rings. The number of carbonyl (C=O) groups is 1. The lowest BCUT2D eigenvalue weighted by atomic mass is 9.91. The van der Waals surface area contributed by atoms with E-state index in [9.17, 15) is 4.79 Å². The van der Waals surface area contributed by atoms with Crippen molar-refractivity contribution in [1.29, 1.82) is 0 Å². The maximum atomic E-state index is 13.2. The summed E-state index contributed by atoms with van der Waals surface area (Å²) in [7, 11) is 3.17. The summed E-state index contributed by atoms with van der Waals surface area (Å²) >= 11 is 0. The predicted molar refractivity (Wildman–Crippen MR) is 126 cm³/mol. The van der Waals surface area contributed by atoms with Gasteiger partial charge in [0.05, 0.1) is 19.9 Å². The molecule has 0 N–H and O–H groups in total. The number of rotatable bonds is 5. The Hall–Kier alpha value is -2.87. The molecule has 0 radical (unpaired) electrons. The molecule has 1 saturated heterocycles. The molecule has 1 amide bonds. The minimum absolute atomic E-state index is 0.00376. The molecule has 5 rings (SSSR count). The Kier molecular flexibility index (Phi) is 6.35. The molecule has 0 atom stereocenters. The summed E-state index contributed by atoms with van der Waals surface area (Å²) in [5.41, 5.74) is 2.83. The van der Waals surface area contributed by atoms with Crippen LogP contribution in [0.4, 0.5) is 5.95 Å². The summed E-state index contributed by atoms with van der Waals surface area (Å²) in [6.45, 7) is 5.46. The average Bonchev–Trinajstić information content (AvgIpc) is 3.04. The Morgan fingerprint density at radius 2 is 1.73 bits per heavy atom. The number of fused-ring (bicyclic) bond motifs is 1. The van der Waals surface area contributed by atoms with Crippen molar-refractivity contribution in [2.24, 2.45) is 0 Å². The quantitative estimate of drug-likeness (QED) is 0.691. The zero-order valence-electron chi connectivity index (χ0n) is 19.6. The molecule has 176 valence electrons. The van der Waals surface area contributed by atoms with Gasteiger partial charge in [-0.25, -0.2) is 9.97 Å². The highest BCUT2D eigenvalue weighted by atomic mass is 16.5. The standard InChI is InChI=1S/C25H33N5O3/c1-32-22-7-6-18(16-23(22)33-2)24(31)29-10-8-19-17-26-25(27-21(19)9-11-29)30-14-12-28(13-15-30)20-4-3-5-20/h6-7,16-17,20H,3-5,8-15H2,1-2H3. The van der Waals surface area contributed by atoms with E-state index in [2.05, 4.69) is 9.80 Å². The van der Waals surface area contributed by atoms with Gasteiger partial charge in [-0.2, -0.15) is 0 Å². The smallest absolute Gasteiger partial charge is 0.254 e. The van der Waals surface area contributed by atoms with Crippen LogP contribution in [0, 0.1) is 0 Å². The number of aromatic nitrogens is 2. The largest absolute Gasteiger partial charge is 0.493 e. The molecule has 1 aromatic heterocycles. The zero-order valence-corrected chi connectivity index (χ0v) is 19.6. The first-order valence-corrected chi connectivity index (χ1v) is 12.0. The van der Waals surface area contributed by atoms with E-state index in [0.717, 1.165) is 62.3 Å². The molecule has 0 unspecified atom stereocenters. The van der Waals surface area contributed by atoms with Crippen molar-refractivity contribution in [3.8, 4) is 11.5 Å². The summed E-state index contributed by atoms with van der Waals surface area (Å²) in [6.07, 6.45) is 7.57. The van der Waals surface area contributed by atoms with Crippen LogP contribution in [0.3, 0.4) is 0 Å². The molecule has 8 nitrogen and oxygen atoms in total. The lowest BCUT2D eigenvalue weighted by Crippen LogP contribution is -2.52. The van der Waals surface area contributed by atoms with Crippen molar-refractivity contribution in [1.82, 2.24) is 19.8 Å². The van der Waals surface area contributed by atoms with E-state index in [-0.39, 0.29) is 5.91 Å². The fourth-order valence-corrected chi connectivity index (χ4v) is 5.01. The molecule has 33 heavy (non-hydrogen) atoms. The van der Waals surface area contributed by atoms with Gasteiger partial charge >= 0.3 is 0 Å². The lowest BCUT2D eigenvalue weighted by molar-refractivity contribution is 0.0762. The Balaban J connectivity index is 1.24. The van der Waals surface area contributed by atoms with E-state index in [0.29, 0.717) is 30.2 Å². The van der Waals surface area contributed by atoms with Crippen LogP contribution in [-0.4, -0.2) is 85.2 Å². The molecule has 1 aromatic carbocycles. The minimum atomic E-state index is 0.00376. The first-order chi connectivity index (χ1) is 16.2. The fourth-order valence-electron chi connectivity index (χ4n) is 5.01. The molecule has 2 aliphatic heterocycles. The van der Waals surface area contributed by atoms with Crippen molar-refractivity contribution in [3.63, 3.8) is 0 Å². The molecule has 8 heteroatoms. The molecule has 1 aliphatic carbocycles. The van der Waals surface area contributed by atoms with Crippen molar-refractivity contribution in [3.05, 3.63) is 41.2 Å². The average molecular weight is 452 g/mol. The molecule has 1 saturated carbocycles. The van der Waals surface area contributed by atoms with Crippen molar-refractivity contribution in [2.45, 2.75) is 38.1 Å². The van der Waals surface area contributed by atoms with Crippen LogP contribution in [0.25, 0.3) is 0 Å². The Morgan fingerprint density at radius 3 is 2.42 bits per heavy atom. The van der Waals surface area contributed by atoms with Crippen LogP contribution in [-0.2, 0) is 12.8 Å². The van der Waals surface area contributed by atoms with Crippen molar-refractivity contribution in [2.75, 3.05) is 58.4 Å². The number of nitrogens with zero attached hydrogens (tertiary/aromatic N) is 5. The van der Waals surface area contributed by atoms with Crippen LogP contribution in [0.15, 0.2) is 24.4 Å². The van der Waals surface area contributed by atoms with Crippen LogP contribution in [0.5, 0.6) is 11.5 Å². The van der Waals surface area contributed by atoms with Crippen LogP contribution in [0.2, 0.25) is 0 Å². The van der Waals surface area contributed by atoms with Gasteiger partial charge in [-0.05, 0) is 43.0 Å². The van der Waals surface area contributed by atoms with E-state index in [1.165, 1.54) is 19.3 Å². The molecular weight excluding hydrogens is 418 g/mol. The number of ether oxygens (including phenoxy) is 2. The van der Waals surface area contributed by atoms with Gasteiger partial charge in [0.1, 0.15) is 0 Å². The van der Waals surface area contributed by atoms with Gasteiger partial charge in [0, 0.05) is 63.5 Å². The highest BCUT2D eigenvalue weighted by Crippen LogP contribution is 2.29. The monoisotopic (exact) mass is 451 g/mol. The number of hydrogen-bond acceptors (Lipinski definition) is 7. The van der Waals surface area contributed by atoms with Gasteiger partial charge in [0.25, 0.3) is 5.91 Å². The number of methoxy groups -OCH3 is 2. The Bertz CT molecular complexity index is 1000. The van der Waals surface area contributed by atoms with Gasteiger partial charge in [-0.15, -0.1) is 0 Å². The summed E-state index contributed by atoms with van der Waals surface area (Å²) in [5.74, 6) is 2.02. The number of benzene rings is 1. The van der Waals surface area contributed by atoms with E-state index >= 15 is 0 Å². The molecule has 0 spiro atoms. The lowest BCUT2D eigenvalue weighted by Gasteiger charge is -2.43. The second-order valence-electron chi connectivity index (χ2n) is 9.11. The fraction of sp³-hybridized carbons (Fsp3) is 0.560. The second kappa shape index (κ2) is 9.55. The minimum Gasteiger partial charge on any atom is -0.493 e. The Morgan fingerprint density at radius 1 is 0.970 bits per heavy atom. The third kappa shape index (κ3) is 4.49. The van der Waals surface area contributed by atoms with Crippen molar-refractivity contribution >= 4 is 11.9 Å². The molecule has 0 bridgehead atoms. The van der Waals surface area contributed by atoms with Gasteiger partial charge in [0.15, 0.2) is 11.5 Å². The first-order valence-electron chi connectivity index (χ1n) is 12.0. The third-order valence-corrected chi connectivity index (χ3v) is 7.32. The predicted octanol–water partition coefficient (Wildman–Crippen LogP) is 2.41. The van der Waals surface area contributed by atoms with Crippen LogP contribution >= 0.6 is 0 Å². The topological polar surface area (TPSA) is 71.0 Å². The highest BCUT2D eigenvalue weighted by molar-refractivity contribution is 5.95. The molecule has 3 heterocycles. The summed E-state index contributed by atoms with van der Waals surface area (Å²) in [5, 5.41) is 0. The van der Waals surface area contributed by atoms with Crippen LogP contribution < -0.4 is 14.4 Å². The summed E-state index contributed by atoms with van der Waals surface area (Å²) in [6, 6.07) is 6.12. The normalized spacial score (nSPS) is 19.5. The number of piperazine rings is 1. The van der Waals surface area contributed by atoms with Crippen molar-refractivity contribution < 1.29 is 14.3 Å². The van der Waals surface area contributed by atoms with Gasteiger partial charge in [0.2, 0.25) is 5.95 Å². The van der Waals surface area contributed by atoms with Gasteiger partial charge in [-0.1, -0.05) is 6.42 Å². The number of carbonyl (C=O) groups excluding carboxylic acids is 1.